The summed E-state index contributed by atoms with van der Waals surface area (Å²) in [4.78, 5) is 19.5. The van der Waals surface area contributed by atoms with Crippen LogP contribution in [0.3, 0.4) is 0 Å². The van der Waals surface area contributed by atoms with E-state index in [0.717, 1.165) is 37.0 Å². The molecule has 3 rings (SSSR count). The van der Waals surface area contributed by atoms with Crippen molar-refractivity contribution in [3.8, 4) is 0 Å². The fourth-order valence-corrected chi connectivity index (χ4v) is 2.31. The number of nitrogens with one attached hydrogen (secondary N) is 3. The van der Waals surface area contributed by atoms with E-state index in [-0.39, 0.29) is 11.8 Å². The molecule has 1 aliphatic rings. The Morgan fingerprint density at radius 3 is 3.06 bits per heavy atom. The molecule has 0 saturated carbocycles. The van der Waals surface area contributed by atoms with E-state index in [9.17, 15) is 4.79 Å². The number of piperidine rings is 1. The van der Waals surface area contributed by atoms with Crippen LogP contribution in [0.15, 0.2) is 24.3 Å². The minimum atomic E-state index is 0.0428. The van der Waals surface area contributed by atoms with E-state index < -0.39 is 0 Å². The standard InChI is InChI=1S/C13H16N4O/c18-12(9-4-3-7-14-8-9)17-13-15-10-5-1-2-6-11(10)16-13/h1-2,5-6,9,14H,3-4,7-8H2,(H2,15,16,17,18). The van der Waals surface area contributed by atoms with E-state index in [1.54, 1.807) is 0 Å². The van der Waals surface area contributed by atoms with Crippen molar-refractivity contribution in [2.75, 3.05) is 18.4 Å². The van der Waals surface area contributed by atoms with Gasteiger partial charge in [-0.3, -0.25) is 10.1 Å². The summed E-state index contributed by atoms with van der Waals surface area (Å²) in [6, 6.07) is 7.74. The molecular formula is C13H16N4O. The molecule has 18 heavy (non-hydrogen) atoms. The van der Waals surface area contributed by atoms with Gasteiger partial charge in [0.1, 0.15) is 0 Å². The summed E-state index contributed by atoms with van der Waals surface area (Å²) in [6.45, 7) is 1.76. The highest BCUT2D eigenvalue weighted by Gasteiger charge is 2.21. The molecule has 1 atom stereocenters. The first kappa shape index (κ1) is 11.2. The summed E-state index contributed by atoms with van der Waals surface area (Å²) in [5.41, 5.74) is 1.81. The van der Waals surface area contributed by atoms with Crippen molar-refractivity contribution >= 4 is 22.9 Å². The highest BCUT2D eigenvalue weighted by molar-refractivity contribution is 5.92. The molecule has 1 amide bonds. The van der Waals surface area contributed by atoms with E-state index in [1.807, 2.05) is 24.3 Å². The average Bonchev–Trinajstić information content (AvgIpc) is 2.82. The number of nitrogens with zero attached hydrogens (tertiary/aromatic N) is 1. The van der Waals surface area contributed by atoms with Crippen LogP contribution in [0.1, 0.15) is 12.8 Å². The second kappa shape index (κ2) is 4.78. The first-order valence-electron chi connectivity index (χ1n) is 6.29. The second-order valence-electron chi connectivity index (χ2n) is 4.64. The Morgan fingerprint density at radius 1 is 1.39 bits per heavy atom. The molecule has 3 N–H and O–H groups in total. The Balaban J connectivity index is 1.73. The van der Waals surface area contributed by atoms with Gasteiger partial charge in [-0.25, -0.2) is 4.98 Å². The number of benzene rings is 1. The molecule has 0 aliphatic carbocycles. The summed E-state index contributed by atoms with van der Waals surface area (Å²) in [5.74, 6) is 0.625. The van der Waals surface area contributed by atoms with Crippen LogP contribution < -0.4 is 10.6 Å². The Morgan fingerprint density at radius 2 is 2.28 bits per heavy atom. The van der Waals surface area contributed by atoms with E-state index in [0.29, 0.717) is 5.95 Å². The van der Waals surface area contributed by atoms with Crippen LogP contribution in [0.2, 0.25) is 0 Å². The molecule has 1 aliphatic heterocycles. The predicted octanol–water partition coefficient (Wildman–Crippen LogP) is 1.50. The zero-order valence-corrected chi connectivity index (χ0v) is 10.1. The number of imidazole rings is 1. The van der Waals surface area contributed by atoms with Crippen LogP contribution >= 0.6 is 0 Å². The summed E-state index contributed by atoms with van der Waals surface area (Å²) in [5, 5.41) is 6.09. The maximum Gasteiger partial charge on any atom is 0.231 e. The van der Waals surface area contributed by atoms with Gasteiger partial charge in [0, 0.05) is 6.54 Å². The summed E-state index contributed by atoms with van der Waals surface area (Å²) < 4.78 is 0. The van der Waals surface area contributed by atoms with Gasteiger partial charge in [-0.2, -0.15) is 0 Å². The third-order valence-electron chi connectivity index (χ3n) is 3.30. The first-order chi connectivity index (χ1) is 8.83. The highest BCUT2D eigenvalue weighted by atomic mass is 16.2. The van der Waals surface area contributed by atoms with Crippen molar-refractivity contribution in [3.05, 3.63) is 24.3 Å². The molecule has 1 aromatic carbocycles. The zero-order chi connectivity index (χ0) is 12.4. The van der Waals surface area contributed by atoms with Crippen molar-refractivity contribution in [3.63, 3.8) is 0 Å². The number of carbonyl (C=O) groups excluding carboxylic acids is 1. The topological polar surface area (TPSA) is 69.8 Å². The van der Waals surface area contributed by atoms with Crippen LogP contribution in [-0.4, -0.2) is 29.0 Å². The van der Waals surface area contributed by atoms with Crippen molar-refractivity contribution in [1.29, 1.82) is 0 Å². The molecule has 0 spiro atoms. The quantitative estimate of drug-likeness (QED) is 0.749. The number of anilines is 1. The lowest BCUT2D eigenvalue weighted by Crippen LogP contribution is -2.37. The number of hydrogen-bond acceptors (Lipinski definition) is 3. The number of rotatable bonds is 2. The normalized spacial score (nSPS) is 19.9. The van der Waals surface area contributed by atoms with E-state index in [1.165, 1.54) is 0 Å². The zero-order valence-electron chi connectivity index (χ0n) is 10.1. The molecule has 0 bridgehead atoms. The smallest absolute Gasteiger partial charge is 0.231 e. The number of fused-ring (bicyclic) bond motifs is 1. The van der Waals surface area contributed by atoms with Gasteiger partial charge >= 0.3 is 0 Å². The molecule has 2 heterocycles. The Hall–Kier alpha value is -1.88. The second-order valence-corrected chi connectivity index (χ2v) is 4.64. The molecule has 2 aromatic rings. The Bertz CT molecular complexity index is 524. The van der Waals surface area contributed by atoms with Gasteiger partial charge < -0.3 is 10.3 Å². The van der Waals surface area contributed by atoms with Crippen molar-refractivity contribution in [2.45, 2.75) is 12.8 Å². The Labute approximate surface area is 105 Å². The highest BCUT2D eigenvalue weighted by Crippen LogP contribution is 2.16. The van der Waals surface area contributed by atoms with Crippen LogP contribution in [0.25, 0.3) is 11.0 Å². The van der Waals surface area contributed by atoms with Gasteiger partial charge in [0.25, 0.3) is 0 Å². The van der Waals surface area contributed by atoms with Gasteiger partial charge in [-0.05, 0) is 31.5 Å². The molecule has 5 nitrogen and oxygen atoms in total. The number of hydrogen-bond donors (Lipinski definition) is 3. The van der Waals surface area contributed by atoms with E-state index in [2.05, 4.69) is 20.6 Å². The molecule has 94 valence electrons. The number of H-pyrrole nitrogens is 1. The summed E-state index contributed by atoms with van der Waals surface area (Å²) in [7, 11) is 0. The lowest BCUT2D eigenvalue weighted by Gasteiger charge is -2.21. The Kier molecular flexibility index (Phi) is 2.98. The largest absolute Gasteiger partial charge is 0.324 e. The van der Waals surface area contributed by atoms with Gasteiger partial charge in [0.05, 0.1) is 17.0 Å². The monoisotopic (exact) mass is 244 g/mol. The number of amides is 1. The molecule has 1 aromatic heterocycles. The summed E-state index contributed by atoms with van der Waals surface area (Å²) in [6.07, 6.45) is 2.00. The number of aromatic nitrogens is 2. The lowest BCUT2D eigenvalue weighted by atomic mass is 9.99. The number of carbonyl (C=O) groups is 1. The van der Waals surface area contributed by atoms with Crippen molar-refractivity contribution in [1.82, 2.24) is 15.3 Å². The van der Waals surface area contributed by atoms with Crippen LogP contribution in [0.4, 0.5) is 5.95 Å². The van der Waals surface area contributed by atoms with Gasteiger partial charge in [-0.1, -0.05) is 12.1 Å². The third-order valence-corrected chi connectivity index (χ3v) is 3.30. The molecule has 1 saturated heterocycles. The molecule has 5 heteroatoms. The average molecular weight is 244 g/mol. The van der Waals surface area contributed by atoms with Crippen LogP contribution in [0, 0.1) is 5.92 Å². The van der Waals surface area contributed by atoms with Crippen LogP contribution in [0.5, 0.6) is 0 Å². The van der Waals surface area contributed by atoms with E-state index in [4.69, 9.17) is 0 Å². The van der Waals surface area contributed by atoms with E-state index >= 15 is 0 Å². The SMILES string of the molecule is O=C(Nc1nc2ccccc2[nH]1)C1CCCNC1. The van der Waals surface area contributed by atoms with Crippen LogP contribution in [-0.2, 0) is 4.79 Å². The molecule has 0 radical (unpaired) electrons. The van der Waals surface area contributed by atoms with Gasteiger partial charge in [-0.15, -0.1) is 0 Å². The minimum Gasteiger partial charge on any atom is -0.324 e. The maximum absolute atomic E-state index is 12.0. The van der Waals surface area contributed by atoms with Crippen molar-refractivity contribution in [2.24, 2.45) is 5.92 Å². The fraction of sp³-hybridized carbons (Fsp3) is 0.385. The lowest BCUT2D eigenvalue weighted by molar-refractivity contribution is -0.120. The molecule has 1 fully saturated rings. The number of aromatic amines is 1. The predicted molar refractivity (Wildman–Crippen MR) is 70.3 cm³/mol. The minimum absolute atomic E-state index is 0.0428. The number of para-hydroxylation sites is 2. The summed E-state index contributed by atoms with van der Waals surface area (Å²) >= 11 is 0. The molecule has 1 unspecified atom stereocenters. The fourth-order valence-electron chi connectivity index (χ4n) is 2.31. The maximum atomic E-state index is 12.0. The molecular weight excluding hydrogens is 228 g/mol. The van der Waals surface area contributed by atoms with Gasteiger partial charge in [0.15, 0.2) is 0 Å². The van der Waals surface area contributed by atoms with Gasteiger partial charge in [0.2, 0.25) is 11.9 Å². The third kappa shape index (κ3) is 2.22. The van der Waals surface area contributed by atoms with Crippen molar-refractivity contribution < 1.29 is 4.79 Å². The first-order valence-corrected chi connectivity index (χ1v) is 6.29.